The highest BCUT2D eigenvalue weighted by molar-refractivity contribution is 7.22. The van der Waals surface area contributed by atoms with Gasteiger partial charge in [0, 0.05) is 6.07 Å². The van der Waals surface area contributed by atoms with E-state index in [4.69, 9.17) is 4.74 Å². The fourth-order valence-electron chi connectivity index (χ4n) is 2.67. The molecule has 0 radical (unpaired) electrons. The summed E-state index contributed by atoms with van der Waals surface area (Å²) in [5.41, 5.74) is 3.84. The van der Waals surface area contributed by atoms with Gasteiger partial charge < -0.3 is 15.4 Å². The molecular weight excluding hydrogens is 394 g/mol. The van der Waals surface area contributed by atoms with E-state index in [9.17, 15) is 4.79 Å². The van der Waals surface area contributed by atoms with Crippen LogP contribution in [0.15, 0.2) is 36.5 Å². The number of nitrogens with one attached hydrogen (secondary N) is 2. The van der Waals surface area contributed by atoms with Crippen LogP contribution in [0.3, 0.4) is 0 Å². The summed E-state index contributed by atoms with van der Waals surface area (Å²) in [6, 6.07) is 9.55. The highest BCUT2D eigenvalue weighted by Crippen LogP contribution is 2.33. The highest BCUT2D eigenvalue weighted by Gasteiger charge is 2.20. The first-order valence-corrected chi connectivity index (χ1v) is 10.0. The van der Waals surface area contributed by atoms with Crippen LogP contribution < -0.4 is 15.4 Å². The first-order valence-electron chi connectivity index (χ1n) is 8.45. The second-order valence-electron chi connectivity index (χ2n) is 6.13. The number of thiazole rings is 1. The van der Waals surface area contributed by atoms with Crippen LogP contribution in [-0.4, -0.2) is 27.4 Å². The maximum Gasteiger partial charge on any atom is 0.260 e. The third kappa shape index (κ3) is 3.67. The van der Waals surface area contributed by atoms with Crippen molar-refractivity contribution in [3.63, 3.8) is 0 Å². The molecule has 142 valence electrons. The Morgan fingerprint density at radius 2 is 2.04 bits per heavy atom. The monoisotopic (exact) mass is 411 g/mol. The minimum Gasteiger partial charge on any atom is -0.481 e. The van der Waals surface area contributed by atoms with E-state index in [2.05, 4.69) is 38.0 Å². The number of benzene rings is 1. The number of aromatic nitrogens is 3. The average Bonchev–Trinajstić information content (AvgIpc) is 3.24. The molecule has 0 atom stereocenters. The van der Waals surface area contributed by atoms with Gasteiger partial charge in [-0.25, -0.2) is 9.97 Å². The molecule has 7 nitrogen and oxygen atoms in total. The maximum absolute atomic E-state index is 12.8. The largest absolute Gasteiger partial charge is 0.481 e. The van der Waals surface area contributed by atoms with E-state index >= 15 is 0 Å². The summed E-state index contributed by atoms with van der Waals surface area (Å²) in [5.74, 6) is 0.234. The van der Waals surface area contributed by atoms with Gasteiger partial charge in [-0.3, -0.25) is 4.79 Å². The van der Waals surface area contributed by atoms with Gasteiger partial charge in [-0.05, 0) is 49.1 Å². The van der Waals surface area contributed by atoms with Crippen LogP contribution in [0.25, 0.3) is 10.2 Å². The van der Waals surface area contributed by atoms with E-state index < -0.39 is 0 Å². The lowest BCUT2D eigenvalue weighted by Gasteiger charge is -2.07. The van der Waals surface area contributed by atoms with Gasteiger partial charge in [0.15, 0.2) is 5.13 Å². The Morgan fingerprint density at radius 1 is 1.18 bits per heavy atom. The number of amides is 1. The van der Waals surface area contributed by atoms with Crippen molar-refractivity contribution >= 4 is 54.8 Å². The van der Waals surface area contributed by atoms with Gasteiger partial charge in [0.25, 0.3) is 5.91 Å². The second kappa shape index (κ2) is 7.53. The SMILES string of the molecule is COc1ccc(NC(=O)c2c(C)nsc2Nc2nc3ccc(C)cc3s2)cn1. The first kappa shape index (κ1) is 18.3. The molecule has 0 saturated heterocycles. The van der Waals surface area contributed by atoms with Crippen molar-refractivity contribution in [2.24, 2.45) is 0 Å². The van der Waals surface area contributed by atoms with Crippen molar-refractivity contribution in [2.45, 2.75) is 13.8 Å². The van der Waals surface area contributed by atoms with E-state index in [1.807, 2.05) is 19.1 Å². The van der Waals surface area contributed by atoms with Gasteiger partial charge in [-0.2, -0.15) is 4.37 Å². The number of methoxy groups -OCH3 is 1. The number of pyridine rings is 1. The molecule has 0 fully saturated rings. The Hall–Kier alpha value is -3.04. The predicted molar refractivity (Wildman–Crippen MR) is 113 cm³/mol. The molecule has 0 aliphatic rings. The molecule has 0 saturated carbocycles. The third-order valence-electron chi connectivity index (χ3n) is 4.06. The molecule has 4 rings (SSSR count). The molecule has 0 bridgehead atoms. The number of anilines is 3. The number of hydrogen-bond acceptors (Lipinski definition) is 8. The molecule has 28 heavy (non-hydrogen) atoms. The minimum atomic E-state index is -0.252. The van der Waals surface area contributed by atoms with Gasteiger partial charge in [0.2, 0.25) is 5.88 Å². The van der Waals surface area contributed by atoms with E-state index in [1.54, 1.807) is 36.8 Å². The molecule has 0 spiro atoms. The molecule has 2 N–H and O–H groups in total. The van der Waals surface area contributed by atoms with Gasteiger partial charge in [-0.1, -0.05) is 17.4 Å². The van der Waals surface area contributed by atoms with Crippen LogP contribution in [0.4, 0.5) is 15.8 Å². The average molecular weight is 412 g/mol. The van der Waals surface area contributed by atoms with Crippen molar-refractivity contribution in [1.29, 1.82) is 0 Å². The molecule has 1 amide bonds. The molecule has 1 aromatic carbocycles. The standard InChI is InChI=1S/C19H17N5O2S2/c1-10-4-6-13-14(8-10)27-19(22-13)23-18-16(11(2)24-28-18)17(25)21-12-5-7-15(26-3)20-9-12/h4-9H,1-3H3,(H,21,25)(H,22,23). The molecule has 3 aromatic heterocycles. The Labute approximate surface area is 169 Å². The lowest BCUT2D eigenvalue weighted by molar-refractivity contribution is 0.102. The number of nitrogens with zero attached hydrogens (tertiary/aromatic N) is 3. The summed E-state index contributed by atoms with van der Waals surface area (Å²) in [5, 5.41) is 7.49. The van der Waals surface area contributed by atoms with E-state index in [0.717, 1.165) is 15.3 Å². The Balaban J connectivity index is 1.58. The Kier molecular flexibility index (Phi) is 4.93. The van der Waals surface area contributed by atoms with Gasteiger partial charge in [-0.15, -0.1) is 0 Å². The van der Waals surface area contributed by atoms with Crippen LogP contribution in [0.5, 0.6) is 5.88 Å². The lowest BCUT2D eigenvalue weighted by Crippen LogP contribution is -2.14. The van der Waals surface area contributed by atoms with Gasteiger partial charge >= 0.3 is 0 Å². The molecular formula is C19H17N5O2S2. The van der Waals surface area contributed by atoms with E-state index in [1.165, 1.54) is 17.1 Å². The van der Waals surface area contributed by atoms with Gasteiger partial charge in [0.05, 0.1) is 40.5 Å². The second-order valence-corrected chi connectivity index (χ2v) is 7.93. The number of fused-ring (bicyclic) bond motifs is 1. The predicted octanol–water partition coefficient (Wildman–Crippen LogP) is 4.77. The first-order chi connectivity index (χ1) is 13.5. The number of ether oxygens (including phenoxy) is 1. The highest BCUT2D eigenvalue weighted by atomic mass is 32.1. The van der Waals surface area contributed by atoms with Crippen LogP contribution in [0.1, 0.15) is 21.6 Å². The number of rotatable bonds is 5. The van der Waals surface area contributed by atoms with Crippen LogP contribution in [0, 0.1) is 13.8 Å². The minimum absolute atomic E-state index is 0.252. The van der Waals surface area contributed by atoms with E-state index in [0.29, 0.717) is 27.8 Å². The summed E-state index contributed by atoms with van der Waals surface area (Å²) >= 11 is 2.78. The van der Waals surface area contributed by atoms with Crippen molar-refractivity contribution in [3.8, 4) is 5.88 Å². The topological polar surface area (TPSA) is 89.0 Å². The summed E-state index contributed by atoms with van der Waals surface area (Å²) in [6.07, 6.45) is 1.55. The summed E-state index contributed by atoms with van der Waals surface area (Å²) in [7, 11) is 1.54. The summed E-state index contributed by atoms with van der Waals surface area (Å²) in [6.45, 7) is 3.86. The molecule has 0 aliphatic carbocycles. The maximum atomic E-state index is 12.8. The van der Waals surface area contributed by atoms with Crippen LogP contribution in [-0.2, 0) is 0 Å². The molecule has 9 heteroatoms. The summed E-state index contributed by atoms with van der Waals surface area (Å²) < 4.78 is 10.5. The number of carbonyl (C=O) groups is 1. The zero-order valence-electron chi connectivity index (χ0n) is 15.4. The van der Waals surface area contributed by atoms with Crippen molar-refractivity contribution in [2.75, 3.05) is 17.7 Å². The quantitative estimate of drug-likeness (QED) is 0.492. The van der Waals surface area contributed by atoms with Crippen LogP contribution in [0.2, 0.25) is 0 Å². The Morgan fingerprint density at radius 3 is 2.79 bits per heavy atom. The zero-order chi connectivity index (χ0) is 19.7. The normalized spacial score (nSPS) is 10.8. The molecule has 0 aliphatic heterocycles. The van der Waals surface area contributed by atoms with Crippen molar-refractivity contribution in [3.05, 3.63) is 53.3 Å². The lowest BCUT2D eigenvalue weighted by atomic mass is 10.2. The number of aryl methyl sites for hydroxylation is 2. The van der Waals surface area contributed by atoms with Gasteiger partial charge in [0.1, 0.15) is 5.00 Å². The third-order valence-corrected chi connectivity index (χ3v) is 5.85. The molecule has 0 unspecified atom stereocenters. The van der Waals surface area contributed by atoms with Crippen molar-refractivity contribution < 1.29 is 9.53 Å². The number of carbonyl (C=O) groups excluding carboxylic acids is 1. The summed E-state index contributed by atoms with van der Waals surface area (Å²) in [4.78, 5) is 21.5. The van der Waals surface area contributed by atoms with E-state index in [-0.39, 0.29) is 5.91 Å². The fourth-order valence-corrected chi connectivity index (χ4v) is 4.50. The van der Waals surface area contributed by atoms with Crippen molar-refractivity contribution in [1.82, 2.24) is 14.3 Å². The molecule has 4 aromatic rings. The number of hydrogen-bond donors (Lipinski definition) is 2. The smallest absolute Gasteiger partial charge is 0.260 e. The van der Waals surface area contributed by atoms with Crippen LogP contribution >= 0.6 is 22.9 Å². The Bertz CT molecular complexity index is 1150. The fraction of sp³-hybridized carbons (Fsp3) is 0.158. The zero-order valence-corrected chi connectivity index (χ0v) is 17.1. The molecule has 3 heterocycles.